The second-order valence-corrected chi connectivity index (χ2v) is 12.9. The maximum absolute atomic E-state index is 11.6. The zero-order valence-corrected chi connectivity index (χ0v) is 27.0. The van der Waals surface area contributed by atoms with E-state index in [0.717, 1.165) is 78.5 Å². The van der Waals surface area contributed by atoms with Crippen LogP contribution >= 0.6 is 0 Å². The molecule has 3 aromatic heterocycles. The molecule has 8 nitrogen and oxygen atoms in total. The van der Waals surface area contributed by atoms with E-state index in [0.29, 0.717) is 29.2 Å². The van der Waals surface area contributed by atoms with Gasteiger partial charge < -0.3 is 30.5 Å². The molecule has 6 rings (SSSR count). The zero-order chi connectivity index (χ0) is 30.8. The van der Waals surface area contributed by atoms with Crippen LogP contribution in [0.5, 0.6) is 0 Å². The van der Waals surface area contributed by atoms with Gasteiger partial charge in [0.1, 0.15) is 0 Å². The monoisotopic (exact) mass is 649 g/mol. The van der Waals surface area contributed by atoms with Crippen LogP contribution in [0.4, 0.5) is 0 Å². The number of fused-ring (bicyclic) bond motifs is 9. The van der Waals surface area contributed by atoms with E-state index in [2.05, 4.69) is 26.2 Å². The third kappa shape index (κ3) is 5.15. The van der Waals surface area contributed by atoms with E-state index in [1.807, 2.05) is 39.0 Å². The predicted octanol–water partition coefficient (Wildman–Crippen LogP) is 3.62. The Hall–Kier alpha value is -3.85. The van der Waals surface area contributed by atoms with Gasteiger partial charge >= 0.3 is 29.0 Å². The summed E-state index contributed by atoms with van der Waals surface area (Å²) in [6.07, 6.45) is 10.2. The summed E-state index contributed by atoms with van der Waals surface area (Å²) >= 11 is 1.15. The maximum Gasteiger partial charge on any atom is 4.00 e. The second-order valence-electron chi connectivity index (χ2n) is 11.4. The maximum atomic E-state index is 11.6. The van der Waals surface area contributed by atoms with E-state index < -0.39 is 11.9 Å². The fourth-order valence-corrected chi connectivity index (χ4v) is 7.54. The first-order valence-electron chi connectivity index (χ1n) is 14.3. The Bertz CT molecular complexity index is 1940. The molecule has 0 radical (unpaired) electrons. The summed E-state index contributed by atoms with van der Waals surface area (Å²) in [4.78, 5) is 39.2. The molecule has 10 heteroatoms. The smallest absolute Gasteiger partial charge is 0.660 e. The largest absolute Gasteiger partial charge is 4.00 e. The van der Waals surface area contributed by atoms with Gasteiger partial charge in [-0.05, 0) is 45.8 Å². The normalized spacial score (nSPS) is 23.6. The molecule has 0 amide bonds. The fourth-order valence-electron chi connectivity index (χ4n) is 6.30. The SMILES string of the molecule is C=Cc1c2[n-]c(c1C)/C=C1\[N-]/C(=C\c3[n-]c(c(CCC(=O)O)c3C)/C=c3\[n-]/c(c(C)c3CCC(=O)O)=C\2)C(C)[C@]12[SH+]C2=C.[Fe+4]. The van der Waals surface area contributed by atoms with Crippen LogP contribution in [-0.4, -0.2) is 26.9 Å². The van der Waals surface area contributed by atoms with Crippen molar-refractivity contribution in [1.29, 1.82) is 0 Å². The van der Waals surface area contributed by atoms with Crippen LogP contribution in [0.15, 0.2) is 29.5 Å². The van der Waals surface area contributed by atoms with Gasteiger partial charge in [0.2, 0.25) is 4.75 Å². The van der Waals surface area contributed by atoms with Crippen molar-refractivity contribution < 1.29 is 36.9 Å². The van der Waals surface area contributed by atoms with E-state index in [1.165, 1.54) is 0 Å². The Kier molecular flexibility index (Phi) is 8.31. The van der Waals surface area contributed by atoms with Gasteiger partial charge in [-0.3, -0.25) is 9.59 Å². The van der Waals surface area contributed by atoms with Crippen molar-refractivity contribution in [1.82, 2.24) is 15.0 Å². The van der Waals surface area contributed by atoms with Crippen molar-refractivity contribution in [3.8, 4) is 0 Å². The molecule has 2 atom stereocenters. The van der Waals surface area contributed by atoms with Gasteiger partial charge in [-0.2, -0.15) is 5.70 Å². The Labute approximate surface area is 270 Å². The van der Waals surface area contributed by atoms with E-state index in [-0.39, 0.29) is 40.6 Å². The molecule has 0 aromatic carbocycles. The molecular formula is C34H33FeN4O4S+. The standard InChI is InChI=1S/C34H32N4O4S.Fe/c1-7-21-16(2)26-15-31-34(20(6)43-34)19(5)27(38-31)12-24-17(3)22(8-10-32(39)40)29(35-24)14-30-23(9-11-33(41)42)18(4)25(36-30)13-28(21)37-26;/h7,12-15,19H,1,6,8-11H2,2-5H3,(H,39,40)(H,41,42);/q-4;+4/p+1/b25-13-,27-12-,30-14-,31-15-;/t19?,34-;/m1./s1. The summed E-state index contributed by atoms with van der Waals surface area (Å²) in [5.74, 6) is -1.70. The van der Waals surface area contributed by atoms with Crippen LogP contribution in [0, 0.1) is 26.7 Å². The van der Waals surface area contributed by atoms with Gasteiger partial charge in [-0.25, -0.2) is 0 Å². The molecular weight excluding hydrogens is 616 g/mol. The number of rotatable bonds is 7. The number of carboxylic acid groups (broad SMARTS) is 2. The van der Waals surface area contributed by atoms with Gasteiger partial charge in [0, 0.05) is 30.5 Å². The summed E-state index contributed by atoms with van der Waals surface area (Å²) in [5, 5.41) is 25.4. The summed E-state index contributed by atoms with van der Waals surface area (Å²) in [6, 6.07) is 0. The molecule has 1 spiro atoms. The van der Waals surface area contributed by atoms with Gasteiger partial charge in [0.05, 0.1) is 0 Å². The number of carbonyl (C=O) groups is 2. The number of hydrogen-bond acceptors (Lipinski definition) is 2. The first-order valence-corrected chi connectivity index (χ1v) is 15.2. The predicted molar refractivity (Wildman–Crippen MR) is 171 cm³/mol. The van der Waals surface area contributed by atoms with E-state index >= 15 is 0 Å². The van der Waals surface area contributed by atoms with Crippen molar-refractivity contribution in [3.63, 3.8) is 0 Å². The van der Waals surface area contributed by atoms with Crippen molar-refractivity contribution in [3.05, 3.63) is 102 Å². The van der Waals surface area contributed by atoms with E-state index in [1.54, 1.807) is 6.08 Å². The van der Waals surface area contributed by atoms with Crippen LogP contribution < -0.4 is 25.7 Å². The van der Waals surface area contributed by atoms with Gasteiger partial charge in [0.25, 0.3) is 0 Å². The summed E-state index contributed by atoms with van der Waals surface area (Å²) < 4.78 is -0.262. The molecule has 44 heavy (non-hydrogen) atoms. The van der Waals surface area contributed by atoms with Gasteiger partial charge in [0.15, 0.2) is 4.91 Å². The van der Waals surface area contributed by atoms with E-state index in [9.17, 15) is 19.8 Å². The fraction of sp³-hybridized carbons (Fsp3) is 0.294. The molecule has 2 saturated heterocycles. The quantitative estimate of drug-likeness (QED) is 0.173. The minimum absolute atomic E-state index is 0. The van der Waals surface area contributed by atoms with Crippen LogP contribution in [0.3, 0.4) is 0 Å². The molecule has 3 aliphatic heterocycles. The van der Waals surface area contributed by atoms with Crippen LogP contribution in [0.25, 0.3) is 35.7 Å². The number of allylic oxidation sites excluding steroid dienone is 1. The number of aliphatic carboxylic acids is 2. The van der Waals surface area contributed by atoms with Crippen LogP contribution in [0.1, 0.15) is 75.9 Å². The Morgan fingerprint density at radius 1 is 0.864 bits per heavy atom. The molecule has 1 unspecified atom stereocenters. The topological polar surface area (TPSA) is 131 Å². The Morgan fingerprint density at radius 3 is 2.07 bits per heavy atom. The minimum Gasteiger partial charge on any atom is -0.660 e. The van der Waals surface area contributed by atoms with Gasteiger partial charge in [-0.1, -0.05) is 77.4 Å². The molecule has 6 heterocycles. The molecule has 8 bridgehead atoms. The summed E-state index contributed by atoms with van der Waals surface area (Å²) in [5.41, 5.74) is 10.1. The van der Waals surface area contributed by atoms with Gasteiger partial charge in [-0.15, -0.1) is 33.5 Å². The van der Waals surface area contributed by atoms with Crippen LogP contribution in [-0.2, 0) is 51.3 Å². The zero-order valence-electron chi connectivity index (χ0n) is 25.0. The summed E-state index contributed by atoms with van der Waals surface area (Å²) in [6.45, 7) is 16.5. The molecule has 2 N–H and O–H groups in total. The molecule has 3 aromatic rings. The number of aromatic nitrogens is 3. The van der Waals surface area contributed by atoms with Crippen molar-refractivity contribution in [2.24, 2.45) is 5.92 Å². The van der Waals surface area contributed by atoms with Crippen molar-refractivity contribution in [2.45, 2.75) is 58.1 Å². The number of hydrogen-bond donors (Lipinski definition) is 2. The summed E-state index contributed by atoms with van der Waals surface area (Å²) in [7, 11) is 0. The molecule has 226 valence electrons. The number of thiol groups is 1. The molecule has 3 aliphatic rings. The Morgan fingerprint density at radius 2 is 1.45 bits per heavy atom. The number of nitrogens with zero attached hydrogens (tertiary/aromatic N) is 4. The van der Waals surface area contributed by atoms with Crippen molar-refractivity contribution >= 4 is 54.1 Å². The van der Waals surface area contributed by atoms with Crippen LogP contribution in [0.2, 0.25) is 0 Å². The molecule has 0 saturated carbocycles. The average molecular weight is 650 g/mol. The minimum atomic E-state index is -0.891. The third-order valence-electron chi connectivity index (χ3n) is 8.98. The first-order chi connectivity index (χ1) is 20.4. The number of carboxylic acids is 2. The second kappa shape index (κ2) is 11.6. The average Bonchev–Trinajstić information content (AvgIpc) is 3.09. The third-order valence-corrected chi connectivity index (χ3v) is 10.6. The van der Waals surface area contributed by atoms with Crippen molar-refractivity contribution in [2.75, 3.05) is 0 Å². The first kappa shape index (κ1) is 31.6. The Balaban J connectivity index is 0.00000384. The molecule has 0 aliphatic carbocycles. The molecule has 2 fully saturated rings. The van der Waals surface area contributed by atoms with E-state index in [4.69, 9.17) is 20.3 Å².